The van der Waals surface area contributed by atoms with Crippen LogP contribution in [0, 0.1) is 5.92 Å². The largest absolute Gasteiger partial charge is 0.508 e. The molecule has 1 aromatic carbocycles. The molecule has 0 fully saturated rings. The number of rotatable bonds is 3. The van der Waals surface area contributed by atoms with E-state index < -0.39 is 0 Å². The van der Waals surface area contributed by atoms with E-state index in [1.165, 1.54) is 11.1 Å². The van der Waals surface area contributed by atoms with E-state index in [1.807, 2.05) is 12.1 Å². The summed E-state index contributed by atoms with van der Waals surface area (Å²) in [4.78, 5) is 10.9. The zero-order valence-corrected chi connectivity index (χ0v) is 9.70. The molecule has 0 saturated heterocycles. The van der Waals surface area contributed by atoms with E-state index >= 15 is 0 Å². The molecule has 0 aliphatic heterocycles. The topological polar surface area (TPSA) is 37.3 Å². The Morgan fingerprint density at radius 1 is 1.44 bits per heavy atom. The van der Waals surface area contributed by atoms with Crippen LogP contribution in [0.4, 0.5) is 0 Å². The van der Waals surface area contributed by atoms with E-state index in [-0.39, 0.29) is 5.78 Å². The summed E-state index contributed by atoms with van der Waals surface area (Å²) in [6, 6.07) is 5.65. The van der Waals surface area contributed by atoms with Crippen LogP contribution in [-0.2, 0) is 17.6 Å². The van der Waals surface area contributed by atoms with Crippen LogP contribution < -0.4 is 0 Å². The lowest BCUT2D eigenvalue weighted by Gasteiger charge is -2.24. The van der Waals surface area contributed by atoms with Gasteiger partial charge < -0.3 is 9.90 Å². The minimum absolute atomic E-state index is 0.288. The van der Waals surface area contributed by atoms with Crippen molar-refractivity contribution < 1.29 is 9.90 Å². The first-order valence-corrected chi connectivity index (χ1v) is 5.95. The molecule has 86 valence electrons. The molecule has 16 heavy (non-hydrogen) atoms. The first-order chi connectivity index (χ1) is 7.65. The molecule has 0 spiro atoms. The summed E-state index contributed by atoms with van der Waals surface area (Å²) in [5, 5.41) is 9.39. The number of carbonyl (C=O) groups is 1. The highest BCUT2D eigenvalue weighted by molar-refractivity contribution is 5.75. The van der Waals surface area contributed by atoms with Gasteiger partial charge in [-0.15, -0.1) is 0 Å². The zero-order valence-electron chi connectivity index (χ0n) is 9.70. The average molecular weight is 218 g/mol. The minimum atomic E-state index is 0.288. The summed E-state index contributed by atoms with van der Waals surface area (Å²) >= 11 is 0. The quantitative estimate of drug-likeness (QED) is 0.847. The summed E-state index contributed by atoms with van der Waals surface area (Å²) in [6.07, 6.45) is 4.95. The molecule has 0 saturated carbocycles. The van der Waals surface area contributed by atoms with E-state index in [0.717, 1.165) is 25.7 Å². The number of phenols is 1. The molecule has 1 aromatic rings. The number of aromatic hydroxyl groups is 1. The van der Waals surface area contributed by atoms with Crippen LogP contribution in [0.1, 0.15) is 37.3 Å². The number of aryl methyl sites for hydroxylation is 1. The third-order valence-corrected chi connectivity index (χ3v) is 3.43. The molecular formula is C14H18O2. The predicted octanol–water partition coefficient (Wildman–Crippen LogP) is 2.87. The van der Waals surface area contributed by atoms with Gasteiger partial charge in [0.15, 0.2) is 0 Å². The fraction of sp³-hybridized carbons (Fsp3) is 0.500. The van der Waals surface area contributed by atoms with E-state index in [4.69, 9.17) is 0 Å². The van der Waals surface area contributed by atoms with E-state index in [1.54, 1.807) is 13.0 Å². The molecule has 0 aromatic heterocycles. The van der Waals surface area contributed by atoms with Crippen molar-refractivity contribution in [2.24, 2.45) is 5.92 Å². The highest BCUT2D eigenvalue weighted by Gasteiger charge is 2.18. The summed E-state index contributed by atoms with van der Waals surface area (Å²) in [5.74, 6) is 1.29. The Morgan fingerprint density at radius 3 is 3.00 bits per heavy atom. The second kappa shape index (κ2) is 4.69. The van der Waals surface area contributed by atoms with Gasteiger partial charge in [-0.1, -0.05) is 6.07 Å². The number of Topliss-reactive ketones (excluding diaryl/α,β-unsaturated/α-hetero) is 1. The third-order valence-electron chi connectivity index (χ3n) is 3.43. The van der Waals surface area contributed by atoms with Gasteiger partial charge in [-0.05, 0) is 61.8 Å². The van der Waals surface area contributed by atoms with E-state index in [0.29, 0.717) is 18.1 Å². The molecule has 1 N–H and O–H groups in total. The van der Waals surface area contributed by atoms with Crippen LogP contribution in [0.5, 0.6) is 5.75 Å². The molecule has 0 unspecified atom stereocenters. The Bertz CT molecular complexity index is 396. The van der Waals surface area contributed by atoms with Gasteiger partial charge in [0.1, 0.15) is 11.5 Å². The number of ketones is 1. The zero-order chi connectivity index (χ0) is 11.5. The molecule has 0 heterocycles. The van der Waals surface area contributed by atoms with E-state index in [2.05, 4.69) is 0 Å². The second-order valence-corrected chi connectivity index (χ2v) is 4.80. The highest BCUT2D eigenvalue weighted by atomic mass is 16.3. The maximum atomic E-state index is 10.9. The second-order valence-electron chi connectivity index (χ2n) is 4.80. The first kappa shape index (κ1) is 11.2. The molecule has 0 amide bonds. The van der Waals surface area contributed by atoms with Gasteiger partial charge >= 0.3 is 0 Å². The summed E-state index contributed by atoms with van der Waals surface area (Å²) < 4.78 is 0. The maximum Gasteiger partial charge on any atom is 0.129 e. The molecule has 2 nitrogen and oxygen atoms in total. The van der Waals surface area contributed by atoms with Crippen molar-refractivity contribution in [3.63, 3.8) is 0 Å². The van der Waals surface area contributed by atoms with Crippen LogP contribution >= 0.6 is 0 Å². The summed E-state index contributed by atoms with van der Waals surface area (Å²) in [6.45, 7) is 1.66. The standard InChI is InChI=1S/C14H18O2/c1-10(15)2-3-11-4-5-13-9-14(16)7-6-12(13)8-11/h6-7,9,11,16H,2-5,8H2,1H3/t11-/m0/s1. The van der Waals surface area contributed by atoms with Crippen LogP contribution in [0.3, 0.4) is 0 Å². The van der Waals surface area contributed by atoms with Gasteiger partial charge in [0.05, 0.1) is 0 Å². The Hall–Kier alpha value is -1.31. The monoisotopic (exact) mass is 218 g/mol. The van der Waals surface area contributed by atoms with Crippen LogP contribution in [-0.4, -0.2) is 10.9 Å². The van der Waals surface area contributed by atoms with Crippen molar-refractivity contribution in [2.45, 2.75) is 39.0 Å². The Labute approximate surface area is 96.3 Å². The Kier molecular flexibility index (Phi) is 3.28. The number of carbonyl (C=O) groups excluding carboxylic acids is 1. The maximum absolute atomic E-state index is 10.9. The van der Waals surface area contributed by atoms with Crippen LogP contribution in [0.15, 0.2) is 18.2 Å². The predicted molar refractivity (Wildman–Crippen MR) is 63.5 cm³/mol. The number of phenolic OH excluding ortho intramolecular Hbond substituents is 1. The average Bonchev–Trinajstić information content (AvgIpc) is 2.26. The van der Waals surface area contributed by atoms with Gasteiger partial charge in [0, 0.05) is 6.42 Å². The van der Waals surface area contributed by atoms with Crippen molar-refractivity contribution >= 4 is 5.78 Å². The summed E-state index contributed by atoms with van der Waals surface area (Å²) in [7, 11) is 0. The molecule has 0 radical (unpaired) electrons. The molecule has 2 heteroatoms. The molecule has 2 rings (SSSR count). The fourth-order valence-corrected chi connectivity index (χ4v) is 2.47. The van der Waals surface area contributed by atoms with Crippen molar-refractivity contribution in [1.82, 2.24) is 0 Å². The molecule has 1 atom stereocenters. The van der Waals surface area contributed by atoms with Crippen molar-refractivity contribution in [3.05, 3.63) is 29.3 Å². The summed E-state index contributed by atoms with van der Waals surface area (Å²) in [5.41, 5.74) is 2.62. The number of fused-ring (bicyclic) bond motifs is 1. The van der Waals surface area contributed by atoms with Crippen molar-refractivity contribution in [1.29, 1.82) is 0 Å². The Morgan fingerprint density at radius 2 is 2.25 bits per heavy atom. The number of hydrogen-bond donors (Lipinski definition) is 1. The van der Waals surface area contributed by atoms with E-state index in [9.17, 15) is 9.90 Å². The SMILES string of the molecule is CC(=O)CC[C@H]1CCc2cc(O)ccc2C1. The van der Waals surface area contributed by atoms with Crippen molar-refractivity contribution in [3.8, 4) is 5.75 Å². The van der Waals surface area contributed by atoms with Gasteiger partial charge in [0.25, 0.3) is 0 Å². The Balaban J connectivity index is 2.01. The molecule has 1 aliphatic rings. The van der Waals surface area contributed by atoms with Crippen LogP contribution in [0.2, 0.25) is 0 Å². The van der Waals surface area contributed by atoms with Gasteiger partial charge in [0.2, 0.25) is 0 Å². The first-order valence-electron chi connectivity index (χ1n) is 5.95. The number of benzene rings is 1. The fourth-order valence-electron chi connectivity index (χ4n) is 2.47. The van der Waals surface area contributed by atoms with Gasteiger partial charge in [-0.2, -0.15) is 0 Å². The lowest BCUT2D eigenvalue weighted by Crippen LogP contribution is -2.15. The number of hydrogen-bond acceptors (Lipinski definition) is 2. The lowest BCUT2D eigenvalue weighted by molar-refractivity contribution is -0.117. The van der Waals surface area contributed by atoms with Crippen molar-refractivity contribution in [2.75, 3.05) is 0 Å². The highest BCUT2D eigenvalue weighted by Crippen LogP contribution is 2.30. The smallest absolute Gasteiger partial charge is 0.129 e. The molecular weight excluding hydrogens is 200 g/mol. The lowest BCUT2D eigenvalue weighted by atomic mass is 9.81. The molecule has 0 bridgehead atoms. The minimum Gasteiger partial charge on any atom is -0.508 e. The van der Waals surface area contributed by atoms with Gasteiger partial charge in [-0.25, -0.2) is 0 Å². The third kappa shape index (κ3) is 2.63. The van der Waals surface area contributed by atoms with Gasteiger partial charge in [-0.3, -0.25) is 0 Å². The normalized spacial score (nSPS) is 19.2. The molecule has 1 aliphatic carbocycles. The van der Waals surface area contributed by atoms with Crippen LogP contribution in [0.25, 0.3) is 0 Å².